The van der Waals surface area contributed by atoms with Crippen LogP contribution < -0.4 is 5.32 Å². The zero-order chi connectivity index (χ0) is 10.6. The Labute approximate surface area is 85.7 Å². The van der Waals surface area contributed by atoms with Crippen LogP contribution >= 0.6 is 0 Å². The van der Waals surface area contributed by atoms with E-state index < -0.39 is 0 Å². The van der Waals surface area contributed by atoms with E-state index in [9.17, 15) is 5.11 Å². The first-order valence-corrected chi connectivity index (χ1v) is 5.10. The van der Waals surface area contributed by atoms with Gasteiger partial charge in [0.25, 0.3) is 0 Å². The SMILES string of the molecule is CC(O)CC(C)NCc1ccn(C)c1. The number of aromatic nitrogens is 1. The van der Waals surface area contributed by atoms with E-state index in [1.807, 2.05) is 24.7 Å². The molecule has 0 aliphatic rings. The highest BCUT2D eigenvalue weighted by molar-refractivity contribution is 5.09. The lowest BCUT2D eigenvalue weighted by Crippen LogP contribution is -2.28. The normalized spacial score (nSPS) is 15.4. The maximum atomic E-state index is 9.18. The number of hydrogen-bond acceptors (Lipinski definition) is 2. The molecule has 0 fully saturated rings. The monoisotopic (exact) mass is 196 g/mol. The van der Waals surface area contributed by atoms with Gasteiger partial charge in [-0.2, -0.15) is 0 Å². The van der Waals surface area contributed by atoms with Crippen molar-refractivity contribution in [2.24, 2.45) is 7.05 Å². The Hall–Kier alpha value is -0.800. The summed E-state index contributed by atoms with van der Waals surface area (Å²) < 4.78 is 2.04. The number of aryl methyl sites for hydroxylation is 1. The molecule has 3 nitrogen and oxygen atoms in total. The van der Waals surface area contributed by atoms with Crippen molar-refractivity contribution in [1.82, 2.24) is 9.88 Å². The first kappa shape index (κ1) is 11.3. The lowest BCUT2D eigenvalue weighted by molar-refractivity contribution is 0.170. The Morgan fingerprint density at radius 3 is 2.71 bits per heavy atom. The molecule has 0 bridgehead atoms. The van der Waals surface area contributed by atoms with Crippen LogP contribution in [0.3, 0.4) is 0 Å². The van der Waals surface area contributed by atoms with Gasteiger partial charge in [0.1, 0.15) is 0 Å². The largest absolute Gasteiger partial charge is 0.393 e. The number of rotatable bonds is 5. The van der Waals surface area contributed by atoms with Crippen molar-refractivity contribution in [3.8, 4) is 0 Å². The van der Waals surface area contributed by atoms with Crippen LogP contribution in [0.25, 0.3) is 0 Å². The van der Waals surface area contributed by atoms with E-state index in [1.165, 1.54) is 5.56 Å². The predicted molar refractivity (Wildman–Crippen MR) is 58.0 cm³/mol. The van der Waals surface area contributed by atoms with Crippen molar-refractivity contribution in [3.63, 3.8) is 0 Å². The molecule has 0 aromatic carbocycles. The summed E-state index contributed by atoms with van der Waals surface area (Å²) in [5.41, 5.74) is 1.28. The van der Waals surface area contributed by atoms with Crippen LogP contribution in [0.4, 0.5) is 0 Å². The van der Waals surface area contributed by atoms with E-state index in [0.717, 1.165) is 13.0 Å². The van der Waals surface area contributed by atoms with Gasteiger partial charge in [-0.3, -0.25) is 0 Å². The molecule has 3 heteroatoms. The van der Waals surface area contributed by atoms with Gasteiger partial charge < -0.3 is 15.0 Å². The minimum atomic E-state index is -0.228. The van der Waals surface area contributed by atoms with E-state index in [-0.39, 0.29) is 6.10 Å². The van der Waals surface area contributed by atoms with Gasteiger partial charge in [-0.15, -0.1) is 0 Å². The van der Waals surface area contributed by atoms with Gasteiger partial charge in [-0.1, -0.05) is 0 Å². The van der Waals surface area contributed by atoms with Gasteiger partial charge >= 0.3 is 0 Å². The van der Waals surface area contributed by atoms with Gasteiger partial charge in [-0.05, 0) is 31.9 Å². The second kappa shape index (κ2) is 5.17. The van der Waals surface area contributed by atoms with Crippen LogP contribution in [0.15, 0.2) is 18.5 Å². The topological polar surface area (TPSA) is 37.2 Å². The minimum absolute atomic E-state index is 0.228. The van der Waals surface area contributed by atoms with Gasteiger partial charge in [0.05, 0.1) is 6.10 Å². The average Bonchev–Trinajstić information content (AvgIpc) is 2.47. The Bertz CT molecular complexity index is 268. The van der Waals surface area contributed by atoms with Crippen LogP contribution in [0.1, 0.15) is 25.8 Å². The quantitative estimate of drug-likeness (QED) is 0.744. The second-order valence-corrected chi connectivity index (χ2v) is 4.05. The molecular formula is C11H20N2O. The van der Waals surface area contributed by atoms with E-state index >= 15 is 0 Å². The van der Waals surface area contributed by atoms with E-state index in [0.29, 0.717) is 6.04 Å². The van der Waals surface area contributed by atoms with Crippen LogP contribution in [0.2, 0.25) is 0 Å². The van der Waals surface area contributed by atoms with Crippen LogP contribution in [0, 0.1) is 0 Å². The van der Waals surface area contributed by atoms with Crippen molar-refractivity contribution in [1.29, 1.82) is 0 Å². The molecule has 2 atom stereocenters. The Morgan fingerprint density at radius 2 is 2.21 bits per heavy atom. The van der Waals surface area contributed by atoms with Crippen LogP contribution in [-0.4, -0.2) is 21.8 Å². The molecule has 0 spiro atoms. The average molecular weight is 196 g/mol. The third-order valence-electron chi connectivity index (χ3n) is 2.24. The molecule has 0 saturated carbocycles. The van der Waals surface area contributed by atoms with Crippen LogP contribution in [-0.2, 0) is 13.6 Å². The fraction of sp³-hybridized carbons (Fsp3) is 0.636. The molecule has 0 aliphatic carbocycles. The van der Waals surface area contributed by atoms with E-state index in [2.05, 4.69) is 24.5 Å². The number of nitrogens with zero attached hydrogens (tertiary/aromatic N) is 1. The third kappa shape index (κ3) is 3.94. The molecule has 1 rings (SSSR count). The summed E-state index contributed by atoms with van der Waals surface area (Å²) in [5, 5.41) is 12.6. The molecule has 0 amide bonds. The smallest absolute Gasteiger partial charge is 0.0526 e. The lowest BCUT2D eigenvalue weighted by Gasteiger charge is -2.14. The summed E-state index contributed by atoms with van der Waals surface area (Å²) in [7, 11) is 2.02. The summed E-state index contributed by atoms with van der Waals surface area (Å²) >= 11 is 0. The molecule has 2 unspecified atom stereocenters. The molecular weight excluding hydrogens is 176 g/mol. The number of hydrogen-bond donors (Lipinski definition) is 2. The zero-order valence-corrected chi connectivity index (χ0v) is 9.20. The summed E-state index contributed by atoms with van der Waals surface area (Å²) in [4.78, 5) is 0. The summed E-state index contributed by atoms with van der Waals surface area (Å²) in [6, 6.07) is 2.46. The zero-order valence-electron chi connectivity index (χ0n) is 9.20. The predicted octanol–water partition coefficient (Wildman–Crippen LogP) is 1.27. The Balaban J connectivity index is 2.26. The number of aliphatic hydroxyl groups excluding tert-OH is 1. The number of nitrogens with one attached hydrogen (secondary N) is 1. The van der Waals surface area contributed by atoms with E-state index in [1.54, 1.807) is 0 Å². The molecule has 0 radical (unpaired) electrons. The highest BCUT2D eigenvalue weighted by Gasteiger charge is 2.05. The summed E-state index contributed by atoms with van der Waals surface area (Å²) in [6.45, 7) is 4.78. The highest BCUT2D eigenvalue weighted by Crippen LogP contribution is 2.01. The first-order chi connectivity index (χ1) is 6.58. The Morgan fingerprint density at radius 1 is 1.50 bits per heavy atom. The molecule has 1 aromatic heterocycles. The molecule has 80 valence electrons. The van der Waals surface area contributed by atoms with Crippen molar-refractivity contribution < 1.29 is 5.11 Å². The van der Waals surface area contributed by atoms with Gasteiger partial charge in [0.2, 0.25) is 0 Å². The van der Waals surface area contributed by atoms with Crippen molar-refractivity contribution in [2.45, 2.75) is 39.0 Å². The number of aliphatic hydroxyl groups is 1. The summed E-state index contributed by atoms with van der Waals surface area (Å²) in [5.74, 6) is 0. The minimum Gasteiger partial charge on any atom is -0.393 e. The molecule has 0 saturated heterocycles. The molecule has 2 N–H and O–H groups in total. The van der Waals surface area contributed by atoms with E-state index in [4.69, 9.17) is 0 Å². The summed E-state index contributed by atoms with van der Waals surface area (Å²) in [6.07, 6.45) is 4.71. The lowest BCUT2D eigenvalue weighted by atomic mass is 10.1. The van der Waals surface area contributed by atoms with Crippen LogP contribution in [0.5, 0.6) is 0 Å². The first-order valence-electron chi connectivity index (χ1n) is 5.10. The molecule has 1 heterocycles. The van der Waals surface area contributed by atoms with Crippen molar-refractivity contribution >= 4 is 0 Å². The molecule has 14 heavy (non-hydrogen) atoms. The maximum absolute atomic E-state index is 9.18. The third-order valence-corrected chi connectivity index (χ3v) is 2.24. The molecule has 1 aromatic rings. The van der Waals surface area contributed by atoms with Gasteiger partial charge in [-0.25, -0.2) is 0 Å². The van der Waals surface area contributed by atoms with Gasteiger partial charge in [0.15, 0.2) is 0 Å². The molecule has 0 aliphatic heterocycles. The van der Waals surface area contributed by atoms with Crippen molar-refractivity contribution in [3.05, 3.63) is 24.0 Å². The fourth-order valence-electron chi connectivity index (χ4n) is 1.55. The maximum Gasteiger partial charge on any atom is 0.0526 e. The van der Waals surface area contributed by atoms with Crippen molar-refractivity contribution in [2.75, 3.05) is 0 Å². The highest BCUT2D eigenvalue weighted by atomic mass is 16.3. The second-order valence-electron chi connectivity index (χ2n) is 4.05. The Kier molecular flexibility index (Phi) is 4.17. The fourth-order valence-corrected chi connectivity index (χ4v) is 1.55. The standard InChI is InChI=1S/C11H20N2O/c1-9(6-10(2)14)12-7-11-4-5-13(3)8-11/h4-5,8-10,12,14H,6-7H2,1-3H3. The van der Waals surface area contributed by atoms with Gasteiger partial charge in [0, 0.05) is 32.0 Å².